The molecule has 2 rings (SSSR count). The molecule has 1 aromatic rings. The minimum atomic E-state index is -0.840. The van der Waals surface area contributed by atoms with Crippen LogP contribution < -0.4 is 5.32 Å². The van der Waals surface area contributed by atoms with Crippen LogP contribution in [0.3, 0.4) is 0 Å². The summed E-state index contributed by atoms with van der Waals surface area (Å²) in [4.78, 5) is 24.7. The quantitative estimate of drug-likeness (QED) is 0.837. The Kier molecular flexibility index (Phi) is 4.98. The van der Waals surface area contributed by atoms with Crippen LogP contribution in [-0.4, -0.2) is 35.1 Å². The third-order valence-corrected chi connectivity index (χ3v) is 3.49. The van der Waals surface area contributed by atoms with E-state index in [1.807, 2.05) is 31.2 Å². The van der Waals surface area contributed by atoms with Crippen molar-refractivity contribution in [3.05, 3.63) is 41.5 Å². The third-order valence-electron chi connectivity index (χ3n) is 3.49. The van der Waals surface area contributed by atoms with Crippen molar-refractivity contribution in [1.82, 2.24) is 4.90 Å². The van der Waals surface area contributed by atoms with Crippen LogP contribution in [0.1, 0.15) is 25.3 Å². The molecule has 21 heavy (non-hydrogen) atoms. The first-order valence-corrected chi connectivity index (χ1v) is 7.07. The van der Waals surface area contributed by atoms with Gasteiger partial charge in [0.05, 0.1) is 0 Å². The topological polar surface area (TPSA) is 69.6 Å². The lowest BCUT2D eigenvalue weighted by Crippen LogP contribution is -2.38. The molecule has 1 aliphatic heterocycles. The van der Waals surface area contributed by atoms with Crippen molar-refractivity contribution < 1.29 is 14.7 Å². The Labute approximate surface area is 124 Å². The van der Waals surface area contributed by atoms with Gasteiger partial charge in [0.2, 0.25) is 0 Å². The van der Waals surface area contributed by atoms with Gasteiger partial charge < -0.3 is 15.3 Å². The second-order valence-electron chi connectivity index (χ2n) is 5.24. The number of hydrogen-bond acceptors (Lipinski definition) is 2. The van der Waals surface area contributed by atoms with Gasteiger partial charge in [-0.1, -0.05) is 29.8 Å². The highest BCUT2D eigenvalue weighted by Crippen LogP contribution is 2.18. The number of benzene rings is 1. The Hall–Kier alpha value is -2.30. The molecule has 1 aliphatic rings. The van der Waals surface area contributed by atoms with Gasteiger partial charge in [0.25, 0.3) is 0 Å². The smallest absolute Gasteiger partial charge is 0.322 e. The van der Waals surface area contributed by atoms with Gasteiger partial charge >= 0.3 is 12.0 Å². The minimum Gasteiger partial charge on any atom is -0.481 e. The van der Waals surface area contributed by atoms with Crippen molar-refractivity contribution >= 4 is 17.7 Å². The summed E-state index contributed by atoms with van der Waals surface area (Å²) < 4.78 is 0. The summed E-state index contributed by atoms with van der Waals surface area (Å²) in [5.41, 5.74) is 2.73. The summed E-state index contributed by atoms with van der Waals surface area (Å²) in [6.07, 6.45) is 3.48. The number of nitrogens with one attached hydrogen (secondary N) is 1. The number of nitrogens with zero attached hydrogens (tertiary/aromatic N) is 1. The number of aliphatic carboxylic acids is 1. The van der Waals surface area contributed by atoms with E-state index in [0.717, 1.165) is 12.0 Å². The molecule has 1 aromatic carbocycles. The second kappa shape index (κ2) is 6.92. The number of amides is 2. The fourth-order valence-electron chi connectivity index (χ4n) is 2.38. The number of anilines is 1. The lowest BCUT2D eigenvalue weighted by molar-refractivity contribution is -0.136. The summed E-state index contributed by atoms with van der Waals surface area (Å²) in [5.74, 6) is -0.840. The first-order chi connectivity index (χ1) is 10.1. The van der Waals surface area contributed by atoms with Crippen LogP contribution in [0, 0.1) is 0 Å². The summed E-state index contributed by atoms with van der Waals surface area (Å²) in [6, 6.07) is 7.20. The third kappa shape index (κ3) is 4.34. The van der Waals surface area contributed by atoms with E-state index in [1.165, 1.54) is 5.57 Å². The minimum absolute atomic E-state index is 0.0540. The first-order valence-electron chi connectivity index (χ1n) is 7.07. The molecule has 5 nitrogen and oxygen atoms in total. The van der Waals surface area contributed by atoms with Crippen LogP contribution in [0.4, 0.5) is 10.5 Å². The van der Waals surface area contributed by atoms with E-state index in [4.69, 9.17) is 5.11 Å². The molecule has 0 saturated heterocycles. The maximum Gasteiger partial charge on any atom is 0.322 e. The molecule has 5 heteroatoms. The molecule has 0 unspecified atom stereocenters. The normalized spacial score (nSPS) is 14.5. The van der Waals surface area contributed by atoms with Crippen LogP contribution in [0.2, 0.25) is 0 Å². The van der Waals surface area contributed by atoms with Gasteiger partial charge in [-0.15, -0.1) is 0 Å². The van der Waals surface area contributed by atoms with E-state index < -0.39 is 5.97 Å². The monoisotopic (exact) mass is 288 g/mol. The Morgan fingerprint density at radius 3 is 2.81 bits per heavy atom. The Balaban J connectivity index is 2.03. The SMILES string of the molecule is CC1=CCCN(C(=O)Nc2ccccc2CCC(=O)O)C1. The zero-order chi connectivity index (χ0) is 15.2. The zero-order valence-electron chi connectivity index (χ0n) is 12.1. The van der Waals surface area contributed by atoms with E-state index in [9.17, 15) is 9.59 Å². The molecule has 0 aliphatic carbocycles. The first kappa shape index (κ1) is 15.1. The predicted octanol–water partition coefficient (Wildman–Crippen LogP) is 2.89. The number of rotatable bonds is 4. The van der Waals surface area contributed by atoms with Crippen LogP contribution in [-0.2, 0) is 11.2 Å². The van der Waals surface area contributed by atoms with Crippen molar-refractivity contribution in [1.29, 1.82) is 0 Å². The standard InChI is InChI=1S/C16H20N2O3/c1-12-5-4-10-18(11-12)16(21)17-14-7-3-2-6-13(14)8-9-15(19)20/h2-3,5-7H,4,8-11H2,1H3,(H,17,21)(H,19,20). The molecular weight excluding hydrogens is 268 g/mol. The van der Waals surface area contributed by atoms with Gasteiger partial charge in [-0.05, 0) is 31.4 Å². The molecule has 112 valence electrons. The van der Waals surface area contributed by atoms with Crippen LogP contribution >= 0.6 is 0 Å². The number of carboxylic acid groups (broad SMARTS) is 1. The summed E-state index contributed by atoms with van der Waals surface area (Å²) in [7, 11) is 0. The molecule has 0 radical (unpaired) electrons. The maximum absolute atomic E-state index is 12.3. The number of carbonyl (C=O) groups is 2. The van der Waals surface area contributed by atoms with Gasteiger partial charge in [0.1, 0.15) is 0 Å². The Morgan fingerprint density at radius 1 is 1.33 bits per heavy atom. The number of urea groups is 1. The molecule has 0 spiro atoms. The number of hydrogen-bond donors (Lipinski definition) is 2. The molecule has 2 amide bonds. The van der Waals surface area contributed by atoms with E-state index in [1.54, 1.807) is 4.90 Å². The predicted molar refractivity (Wildman–Crippen MR) is 81.4 cm³/mol. The van der Waals surface area contributed by atoms with E-state index in [0.29, 0.717) is 25.2 Å². The zero-order valence-corrected chi connectivity index (χ0v) is 12.1. The van der Waals surface area contributed by atoms with Crippen molar-refractivity contribution in [2.45, 2.75) is 26.2 Å². The molecule has 0 saturated carbocycles. The number of carbonyl (C=O) groups excluding carboxylic acids is 1. The Morgan fingerprint density at radius 2 is 2.10 bits per heavy atom. The van der Waals surface area contributed by atoms with E-state index >= 15 is 0 Å². The van der Waals surface area contributed by atoms with Crippen molar-refractivity contribution in [2.24, 2.45) is 0 Å². The summed E-state index contributed by atoms with van der Waals surface area (Å²) >= 11 is 0. The highest BCUT2D eigenvalue weighted by molar-refractivity contribution is 5.90. The number of carboxylic acids is 1. The average molecular weight is 288 g/mol. The molecule has 1 heterocycles. The maximum atomic E-state index is 12.3. The largest absolute Gasteiger partial charge is 0.481 e. The number of para-hydroxylation sites is 1. The molecule has 0 fully saturated rings. The average Bonchev–Trinajstić information content (AvgIpc) is 2.46. The molecular formula is C16H20N2O3. The molecule has 0 atom stereocenters. The van der Waals surface area contributed by atoms with Crippen LogP contribution in [0.15, 0.2) is 35.9 Å². The van der Waals surface area contributed by atoms with Gasteiger partial charge in [-0.2, -0.15) is 0 Å². The lowest BCUT2D eigenvalue weighted by Gasteiger charge is -2.26. The highest BCUT2D eigenvalue weighted by atomic mass is 16.4. The van der Waals surface area contributed by atoms with Gasteiger partial charge in [0, 0.05) is 25.2 Å². The van der Waals surface area contributed by atoms with Crippen LogP contribution in [0.25, 0.3) is 0 Å². The van der Waals surface area contributed by atoms with Gasteiger partial charge in [-0.25, -0.2) is 4.79 Å². The summed E-state index contributed by atoms with van der Waals surface area (Å²) in [5, 5.41) is 11.7. The van der Waals surface area contributed by atoms with E-state index in [2.05, 4.69) is 11.4 Å². The van der Waals surface area contributed by atoms with Crippen molar-refractivity contribution in [3.8, 4) is 0 Å². The molecule has 0 aromatic heterocycles. The van der Waals surface area contributed by atoms with Crippen molar-refractivity contribution in [3.63, 3.8) is 0 Å². The second-order valence-corrected chi connectivity index (χ2v) is 5.24. The van der Waals surface area contributed by atoms with Crippen molar-refractivity contribution in [2.75, 3.05) is 18.4 Å². The number of aryl methyl sites for hydroxylation is 1. The van der Waals surface area contributed by atoms with Gasteiger partial charge in [-0.3, -0.25) is 4.79 Å². The van der Waals surface area contributed by atoms with Gasteiger partial charge in [0.15, 0.2) is 0 Å². The highest BCUT2D eigenvalue weighted by Gasteiger charge is 2.17. The molecule has 2 N–H and O–H groups in total. The lowest BCUT2D eigenvalue weighted by atomic mass is 10.1. The summed E-state index contributed by atoms with van der Waals surface area (Å²) in [6.45, 7) is 3.36. The van der Waals surface area contributed by atoms with Crippen LogP contribution in [0.5, 0.6) is 0 Å². The fraction of sp³-hybridized carbons (Fsp3) is 0.375. The molecule has 0 bridgehead atoms. The Bertz CT molecular complexity index is 566. The van der Waals surface area contributed by atoms with E-state index in [-0.39, 0.29) is 12.5 Å². The fourth-order valence-corrected chi connectivity index (χ4v) is 2.38.